The van der Waals surface area contributed by atoms with Crippen LogP contribution in [0, 0.1) is 0 Å². The minimum absolute atomic E-state index is 0.207. The van der Waals surface area contributed by atoms with Crippen LogP contribution in [0.2, 0.25) is 0 Å². The number of allylic oxidation sites excluding steroid dienone is 1. The van der Waals surface area contributed by atoms with Crippen LogP contribution in [0.15, 0.2) is 42.5 Å². The second kappa shape index (κ2) is 6.95. The van der Waals surface area contributed by atoms with Crippen molar-refractivity contribution < 1.29 is 14.3 Å². The van der Waals surface area contributed by atoms with Crippen molar-refractivity contribution in [3.63, 3.8) is 0 Å². The highest BCUT2D eigenvalue weighted by atomic mass is 79.9. The van der Waals surface area contributed by atoms with Gasteiger partial charge in [0.05, 0.1) is 0 Å². The topological polar surface area (TPSA) is 43.4 Å². The fourth-order valence-corrected chi connectivity index (χ4v) is 1.22. The third kappa shape index (κ3) is 4.40. The van der Waals surface area contributed by atoms with Crippen molar-refractivity contribution in [3.8, 4) is 0 Å². The monoisotopic (exact) mass is 282 g/mol. The molecule has 0 fully saturated rings. The number of carbonyl (C=O) groups is 2. The lowest BCUT2D eigenvalue weighted by Gasteiger charge is -2.01. The van der Waals surface area contributed by atoms with Crippen LogP contribution in [0.3, 0.4) is 0 Å². The molecule has 0 aromatic heterocycles. The van der Waals surface area contributed by atoms with Gasteiger partial charge >= 0.3 is 5.97 Å². The maximum atomic E-state index is 11.5. The summed E-state index contributed by atoms with van der Waals surface area (Å²) >= 11 is 3.13. The Bertz CT molecular complexity index is 385. The number of halogens is 1. The third-order valence-electron chi connectivity index (χ3n) is 1.78. The Balaban J connectivity index is 2.42. The first-order valence-corrected chi connectivity index (χ1v) is 5.83. The van der Waals surface area contributed by atoms with Crippen LogP contribution in [0.4, 0.5) is 0 Å². The number of hydrogen-bond acceptors (Lipinski definition) is 3. The predicted molar refractivity (Wildman–Crippen MR) is 64.7 cm³/mol. The molecule has 3 nitrogen and oxygen atoms in total. The standard InChI is InChI=1S/C12H11BrO3/c13-8-4-7-12(15)16-9-11(14)10-5-2-1-3-6-10/h1-7H,8-9H2/b7-4+. The lowest BCUT2D eigenvalue weighted by atomic mass is 10.1. The van der Waals surface area contributed by atoms with Crippen LogP contribution in [0.1, 0.15) is 10.4 Å². The maximum absolute atomic E-state index is 11.5. The van der Waals surface area contributed by atoms with Gasteiger partial charge in [0.15, 0.2) is 12.4 Å². The number of esters is 1. The van der Waals surface area contributed by atoms with Gasteiger partial charge in [-0.1, -0.05) is 52.3 Å². The van der Waals surface area contributed by atoms with E-state index in [0.717, 1.165) is 0 Å². The first-order valence-electron chi connectivity index (χ1n) is 4.71. The fraction of sp³-hybridized carbons (Fsp3) is 0.167. The molecule has 0 heterocycles. The number of ketones is 1. The molecular weight excluding hydrogens is 272 g/mol. The Morgan fingerprint density at radius 2 is 1.94 bits per heavy atom. The number of alkyl halides is 1. The van der Waals surface area contributed by atoms with E-state index in [1.54, 1.807) is 30.3 Å². The van der Waals surface area contributed by atoms with E-state index in [4.69, 9.17) is 4.74 Å². The number of carbonyl (C=O) groups excluding carboxylic acids is 2. The molecular formula is C12H11BrO3. The highest BCUT2D eigenvalue weighted by molar-refractivity contribution is 9.09. The molecule has 0 bridgehead atoms. The van der Waals surface area contributed by atoms with Gasteiger partial charge in [0.1, 0.15) is 0 Å². The summed E-state index contributed by atoms with van der Waals surface area (Å²) < 4.78 is 4.76. The Hall–Kier alpha value is -1.42. The van der Waals surface area contributed by atoms with Crippen LogP contribution in [-0.2, 0) is 9.53 Å². The van der Waals surface area contributed by atoms with Gasteiger partial charge < -0.3 is 4.74 Å². The first kappa shape index (κ1) is 12.6. The summed E-state index contributed by atoms with van der Waals surface area (Å²) in [6, 6.07) is 8.72. The highest BCUT2D eigenvalue weighted by Crippen LogP contribution is 2.00. The zero-order chi connectivity index (χ0) is 11.8. The number of rotatable bonds is 5. The summed E-state index contributed by atoms with van der Waals surface area (Å²) in [6.45, 7) is -0.227. The molecule has 0 N–H and O–H groups in total. The molecule has 1 aromatic carbocycles. The van der Waals surface area contributed by atoms with Crippen molar-refractivity contribution in [2.45, 2.75) is 0 Å². The van der Waals surface area contributed by atoms with Crippen LogP contribution in [0.25, 0.3) is 0 Å². The second-order valence-corrected chi connectivity index (χ2v) is 3.60. The van der Waals surface area contributed by atoms with E-state index in [-0.39, 0.29) is 12.4 Å². The number of benzene rings is 1. The van der Waals surface area contributed by atoms with Gasteiger partial charge in [0.25, 0.3) is 0 Å². The zero-order valence-corrected chi connectivity index (χ0v) is 10.1. The van der Waals surface area contributed by atoms with E-state index in [2.05, 4.69) is 15.9 Å². The lowest BCUT2D eigenvalue weighted by Crippen LogP contribution is -2.12. The fourth-order valence-electron chi connectivity index (χ4n) is 1.03. The lowest BCUT2D eigenvalue weighted by molar-refractivity contribution is -0.136. The van der Waals surface area contributed by atoms with Crippen LogP contribution < -0.4 is 0 Å². The summed E-state index contributed by atoms with van der Waals surface area (Å²) in [5.41, 5.74) is 0.541. The van der Waals surface area contributed by atoms with Crippen molar-refractivity contribution >= 4 is 27.7 Å². The zero-order valence-electron chi connectivity index (χ0n) is 8.56. The molecule has 0 aliphatic carbocycles. The molecule has 0 unspecified atom stereocenters. The number of ether oxygens (including phenoxy) is 1. The van der Waals surface area contributed by atoms with Crippen molar-refractivity contribution in [1.29, 1.82) is 0 Å². The molecule has 1 rings (SSSR count). The molecule has 0 aliphatic rings. The first-order chi connectivity index (χ1) is 7.74. The summed E-state index contributed by atoms with van der Waals surface area (Å²) in [4.78, 5) is 22.6. The van der Waals surface area contributed by atoms with Crippen molar-refractivity contribution in [2.75, 3.05) is 11.9 Å². The molecule has 0 amide bonds. The molecule has 0 spiro atoms. The minimum atomic E-state index is -0.510. The average molecular weight is 283 g/mol. The van der Waals surface area contributed by atoms with Gasteiger partial charge in [-0.15, -0.1) is 0 Å². The smallest absolute Gasteiger partial charge is 0.330 e. The van der Waals surface area contributed by atoms with Gasteiger partial charge in [-0.25, -0.2) is 4.79 Å². The number of Topliss-reactive ketones (excluding diaryl/α,β-unsaturated/α-hetero) is 1. The van der Waals surface area contributed by atoms with Crippen LogP contribution in [0.5, 0.6) is 0 Å². The van der Waals surface area contributed by atoms with Crippen molar-refractivity contribution in [2.24, 2.45) is 0 Å². The summed E-state index contributed by atoms with van der Waals surface area (Å²) in [5.74, 6) is -0.718. The molecule has 0 aliphatic heterocycles. The molecule has 0 saturated heterocycles. The van der Waals surface area contributed by atoms with E-state index in [0.29, 0.717) is 10.9 Å². The largest absolute Gasteiger partial charge is 0.454 e. The average Bonchev–Trinajstić information content (AvgIpc) is 2.34. The molecule has 0 atom stereocenters. The van der Waals surface area contributed by atoms with Gasteiger partial charge in [-0.05, 0) is 0 Å². The molecule has 0 saturated carbocycles. The van der Waals surface area contributed by atoms with E-state index in [9.17, 15) is 9.59 Å². The Morgan fingerprint density at radius 1 is 1.25 bits per heavy atom. The summed E-state index contributed by atoms with van der Waals surface area (Å²) in [5, 5.41) is 0.578. The predicted octanol–water partition coefficient (Wildman–Crippen LogP) is 2.36. The molecule has 16 heavy (non-hydrogen) atoms. The van der Waals surface area contributed by atoms with E-state index < -0.39 is 5.97 Å². The molecule has 4 heteroatoms. The quantitative estimate of drug-likeness (QED) is 0.360. The highest BCUT2D eigenvalue weighted by Gasteiger charge is 2.06. The normalized spacial score (nSPS) is 10.3. The maximum Gasteiger partial charge on any atom is 0.330 e. The Morgan fingerprint density at radius 3 is 2.56 bits per heavy atom. The second-order valence-electron chi connectivity index (χ2n) is 2.95. The van der Waals surface area contributed by atoms with Gasteiger partial charge in [0, 0.05) is 17.0 Å². The summed E-state index contributed by atoms with van der Waals surface area (Å²) in [7, 11) is 0. The third-order valence-corrected chi connectivity index (χ3v) is 2.16. The minimum Gasteiger partial charge on any atom is -0.454 e. The Labute approximate surface area is 102 Å². The van der Waals surface area contributed by atoms with E-state index in [1.165, 1.54) is 6.08 Å². The van der Waals surface area contributed by atoms with E-state index in [1.807, 2.05) is 6.07 Å². The number of hydrogen-bond donors (Lipinski definition) is 0. The van der Waals surface area contributed by atoms with Gasteiger partial charge in [-0.2, -0.15) is 0 Å². The van der Waals surface area contributed by atoms with Gasteiger partial charge in [0.2, 0.25) is 0 Å². The Kier molecular flexibility index (Phi) is 5.50. The van der Waals surface area contributed by atoms with Crippen molar-refractivity contribution in [3.05, 3.63) is 48.0 Å². The van der Waals surface area contributed by atoms with Crippen LogP contribution in [-0.4, -0.2) is 23.7 Å². The van der Waals surface area contributed by atoms with Gasteiger partial charge in [-0.3, -0.25) is 4.79 Å². The summed E-state index contributed by atoms with van der Waals surface area (Å²) in [6.07, 6.45) is 2.89. The van der Waals surface area contributed by atoms with Crippen LogP contribution >= 0.6 is 15.9 Å². The molecule has 0 radical (unpaired) electrons. The SMILES string of the molecule is O=C(/C=C/CBr)OCC(=O)c1ccccc1. The van der Waals surface area contributed by atoms with Crippen molar-refractivity contribution in [1.82, 2.24) is 0 Å². The molecule has 1 aromatic rings. The van der Waals surface area contributed by atoms with E-state index >= 15 is 0 Å². The molecule has 84 valence electrons.